The largest absolute Gasteiger partial charge is 0.493 e. The second-order valence-electron chi connectivity index (χ2n) is 3.83. The molecule has 5 nitrogen and oxygen atoms in total. The minimum absolute atomic E-state index is 0.371. The van der Waals surface area contributed by atoms with E-state index < -0.39 is 10.0 Å². The summed E-state index contributed by atoms with van der Waals surface area (Å²) in [6, 6.07) is 5.59. The van der Waals surface area contributed by atoms with Crippen LogP contribution < -0.4 is 14.2 Å². The zero-order chi connectivity index (χ0) is 13.6. The van der Waals surface area contributed by atoms with Crippen molar-refractivity contribution >= 4 is 10.0 Å². The Bertz CT molecular complexity index is 485. The lowest BCUT2D eigenvalue weighted by molar-refractivity contribution is 0.310. The zero-order valence-electron chi connectivity index (χ0n) is 10.9. The summed E-state index contributed by atoms with van der Waals surface area (Å²) in [5, 5.41) is 0. The van der Waals surface area contributed by atoms with E-state index in [0.29, 0.717) is 31.1 Å². The molecular formula is C12H19NO4S. The van der Waals surface area contributed by atoms with Gasteiger partial charge in [0.15, 0.2) is 11.5 Å². The Kier molecular flexibility index (Phi) is 5.43. The van der Waals surface area contributed by atoms with E-state index in [1.165, 1.54) is 0 Å². The number of rotatable bonds is 7. The van der Waals surface area contributed by atoms with Gasteiger partial charge in [-0.1, -0.05) is 6.07 Å². The maximum Gasteiger partial charge on any atom is 0.208 e. The SMILES string of the molecule is CCOc1ccc(CCNS(C)(=O)=O)cc1OC. The molecule has 0 aliphatic rings. The third-order valence-electron chi connectivity index (χ3n) is 2.31. The van der Waals surface area contributed by atoms with Crippen molar-refractivity contribution in [3.05, 3.63) is 23.8 Å². The molecule has 0 saturated heterocycles. The van der Waals surface area contributed by atoms with Crippen molar-refractivity contribution in [3.63, 3.8) is 0 Å². The van der Waals surface area contributed by atoms with Crippen molar-refractivity contribution < 1.29 is 17.9 Å². The Balaban J connectivity index is 2.67. The molecule has 0 bridgehead atoms. The van der Waals surface area contributed by atoms with Crippen LogP contribution >= 0.6 is 0 Å². The molecule has 1 N–H and O–H groups in total. The molecule has 0 heterocycles. The van der Waals surface area contributed by atoms with Crippen LogP contribution in [0.3, 0.4) is 0 Å². The van der Waals surface area contributed by atoms with Gasteiger partial charge >= 0.3 is 0 Å². The first-order valence-corrected chi connectivity index (χ1v) is 7.59. The topological polar surface area (TPSA) is 64.6 Å². The normalized spacial score (nSPS) is 11.3. The molecule has 0 fully saturated rings. The average Bonchev–Trinajstić information content (AvgIpc) is 2.29. The van der Waals surface area contributed by atoms with Gasteiger partial charge in [-0.05, 0) is 31.0 Å². The fraction of sp³-hybridized carbons (Fsp3) is 0.500. The molecule has 0 radical (unpaired) electrons. The number of sulfonamides is 1. The predicted molar refractivity (Wildman–Crippen MR) is 70.7 cm³/mol. The van der Waals surface area contributed by atoms with Gasteiger partial charge in [0.1, 0.15) is 0 Å². The monoisotopic (exact) mass is 273 g/mol. The Morgan fingerprint density at radius 2 is 2.00 bits per heavy atom. The summed E-state index contributed by atoms with van der Waals surface area (Å²) in [5.74, 6) is 1.36. The number of methoxy groups -OCH3 is 1. The van der Waals surface area contributed by atoms with Crippen molar-refractivity contribution in [2.45, 2.75) is 13.3 Å². The van der Waals surface area contributed by atoms with E-state index >= 15 is 0 Å². The second kappa shape index (κ2) is 6.61. The first-order chi connectivity index (χ1) is 8.46. The quantitative estimate of drug-likeness (QED) is 0.810. The highest BCUT2D eigenvalue weighted by molar-refractivity contribution is 7.88. The molecule has 0 atom stereocenters. The molecule has 6 heteroatoms. The van der Waals surface area contributed by atoms with E-state index in [-0.39, 0.29) is 0 Å². The van der Waals surface area contributed by atoms with E-state index in [9.17, 15) is 8.42 Å². The van der Waals surface area contributed by atoms with Gasteiger partial charge < -0.3 is 9.47 Å². The molecule has 0 amide bonds. The first-order valence-electron chi connectivity index (χ1n) is 5.70. The van der Waals surface area contributed by atoms with Crippen LogP contribution in [0, 0.1) is 0 Å². The van der Waals surface area contributed by atoms with Crippen LogP contribution in [0.1, 0.15) is 12.5 Å². The molecule has 0 aromatic heterocycles. The minimum Gasteiger partial charge on any atom is -0.493 e. The third kappa shape index (κ3) is 4.93. The number of benzene rings is 1. The van der Waals surface area contributed by atoms with Crippen LogP contribution in [0.4, 0.5) is 0 Å². The summed E-state index contributed by atoms with van der Waals surface area (Å²) in [6.07, 6.45) is 1.75. The summed E-state index contributed by atoms with van der Waals surface area (Å²) in [6.45, 7) is 2.85. The van der Waals surface area contributed by atoms with E-state index in [0.717, 1.165) is 11.8 Å². The summed E-state index contributed by atoms with van der Waals surface area (Å²) in [5.41, 5.74) is 0.992. The Morgan fingerprint density at radius 3 is 2.56 bits per heavy atom. The van der Waals surface area contributed by atoms with Gasteiger partial charge in [0.2, 0.25) is 10.0 Å². The average molecular weight is 273 g/mol. The standard InChI is InChI=1S/C12H19NO4S/c1-4-17-11-6-5-10(9-12(11)16-2)7-8-13-18(3,14)15/h5-6,9,13H,4,7-8H2,1-3H3. The molecule has 18 heavy (non-hydrogen) atoms. The van der Waals surface area contributed by atoms with E-state index in [1.807, 2.05) is 25.1 Å². The Labute approximate surface area is 108 Å². The van der Waals surface area contributed by atoms with Gasteiger partial charge in [0.25, 0.3) is 0 Å². The smallest absolute Gasteiger partial charge is 0.208 e. The fourth-order valence-electron chi connectivity index (χ4n) is 1.52. The molecule has 1 aromatic carbocycles. The lowest BCUT2D eigenvalue weighted by atomic mass is 10.1. The molecule has 102 valence electrons. The molecule has 0 unspecified atom stereocenters. The molecular weight excluding hydrogens is 254 g/mol. The Morgan fingerprint density at radius 1 is 1.28 bits per heavy atom. The fourth-order valence-corrected chi connectivity index (χ4v) is 2.00. The van der Waals surface area contributed by atoms with Gasteiger partial charge in [-0.25, -0.2) is 13.1 Å². The van der Waals surface area contributed by atoms with E-state index in [4.69, 9.17) is 9.47 Å². The molecule has 0 aliphatic heterocycles. The van der Waals surface area contributed by atoms with Crippen molar-refractivity contribution in [1.29, 1.82) is 0 Å². The maximum atomic E-state index is 10.9. The lowest BCUT2D eigenvalue weighted by Gasteiger charge is -2.11. The molecule has 0 saturated carbocycles. The van der Waals surface area contributed by atoms with E-state index in [2.05, 4.69) is 4.72 Å². The van der Waals surface area contributed by atoms with Crippen LogP contribution in [0.2, 0.25) is 0 Å². The van der Waals surface area contributed by atoms with Gasteiger partial charge in [-0.2, -0.15) is 0 Å². The van der Waals surface area contributed by atoms with Crippen LogP contribution in [0.15, 0.2) is 18.2 Å². The van der Waals surface area contributed by atoms with Crippen molar-refractivity contribution in [2.75, 3.05) is 26.5 Å². The maximum absolute atomic E-state index is 10.9. The van der Waals surface area contributed by atoms with Gasteiger partial charge in [0.05, 0.1) is 20.0 Å². The lowest BCUT2D eigenvalue weighted by Crippen LogP contribution is -2.24. The minimum atomic E-state index is -3.13. The van der Waals surface area contributed by atoms with Gasteiger partial charge in [0, 0.05) is 6.54 Å². The zero-order valence-corrected chi connectivity index (χ0v) is 11.7. The van der Waals surface area contributed by atoms with Crippen molar-refractivity contribution in [3.8, 4) is 11.5 Å². The van der Waals surface area contributed by atoms with Crippen LogP contribution in [-0.4, -0.2) is 34.9 Å². The molecule has 1 rings (SSSR count). The van der Waals surface area contributed by atoms with Crippen LogP contribution in [0.25, 0.3) is 0 Å². The highest BCUT2D eigenvalue weighted by Gasteiger charge is 2.06. The summed E-state index contributed by atoms with van der Waals surface area (Å²) >= 11 is 0. The van der Waals surface area contributed by atoms with Crippen LogP contribution in [-0.2, 0) is 16.4 Å². The van der Waals surface area contributed by atoms with E-state index in [1.54, 1.807) is 7.11 Å². The third-order valence-corrected chi connectivity index (χ3v) is 3.03. The number of ether oxygens (including phenoxy) is 2. The number of hydrogen-bond acceptors (Lipinski definition) is 4. The summed E-state index contributed by atoms with van der Waals surface area (Å²) in [7, 11) is -1.55. The predicted octanol–water partition coefficient (Wildman–Crippen LogP) is 1.19. The Hall–Kier alpha value is -1.27. The van der Waals surface area contributed by atoms with Gasteiger partial charge in [-0.15, -0.1) is 0 Å². The number of nitrogens with one attached hydrogen (secondary N) is 1. The van der Waals surface area contributed by atoms with Crippen molar-refractivity contribution in [1.82, 2.24) is 4.72 Å². The number of hydrogen-bond donors (Lipinski definition) is 1. The summed E-state index contributed by atoms with van der Waals surface area (Å²) in [4.78, 5) is 0. The second-order valence-corrected chi connectivity index (χ2v) is 5.67. The molecule has 0 spiro atoms. The molecule has 0 aliphatic carbocycles. The van der Waals surface area contributed by atoms with Gasteiger partial charge in [-0.3, -0.25) is 0 Å². The highest BCUT2D eigenvalue weighted by atomic mass is 32.2. The summed E-state index contributed by atoms with van der Waals surface area (Å²) < 4.78 is 34.9. The molecule has 1 aromatic rings. The van der Waals surface area contributed by atoms with Crippen LogP contribution in [0.5, 0.6) is 11.5 Å². The highest BCUT2D eigenvalue weighted by Crippen LogP contribution is 2.28. The van der Waals surface area contributed by atoms with Crippen molar-refractivity contribution in [2.24, 2.45) is 0 Å². The first kappa shape index (κ1) is 14.8.